The van der Waals surface area contributed by atoms with Crippen molar-refractivity contribution in [2.75, 3.05) is 23.3 Å². The minimum Gasteiger partial charge on any atom is -0.341 e. The lowest BCUT2D eigenvalue weighted by Gasteiger charge is -2.32. The quantitative estimate of drug-likeness (QED) is 0.588. The van der Waals surface area contributed by atoms with E-state index in [2.05, 4.69) is 36.6 Å². The largest absolute Gasteiger partial charge is 0.341 e. The van der Waals surface area contributed by atoms with Gasteiger partial charge < -0.3 is 15.5 Å². The van der Waals surface area contributed by atoms with Crippen LogP contribution < -0.4 is 15.5 Å². The van der Waals surface area contributed by atoms with Crippen LogP contribution in [0.4, 0.5) is 16.4 Å². The van der Waals surface area contributed by atoms with Gasteiger partial charge in [0.25, 0.3) is 0 Å². The number of nitrogens with zero attached hydrogens (tertiary/aromatic N) is 4. The maximum atomic E-state index is 12.4. The van der Waals surface area contributed by atoms with Gasteiger partial charge in [0.1, 0.15) is 0 Å². The van der Waals surface area contributed by atoms with Crippen molar-refractivity contribution in [3.63, 3.8) is 0 Å². The van der Waals surface area contributed by atoms with Gasteiger partial charge in [-0.3, -0.25) is 0 Å². The Morgan fingerprint density at radius 2 is 1.80 bits per heavy atom. The molecule has 0 unspecified atom stereocenters. The minimum atomic E-state index is -0.168. The molecular formula is C22H24N6OS. The zero-order valence-electron chi connectivity index (χ0n) is 16.6. The molecule has 0 saturated carbocycles. The summed E-state index contributed by atoms with van der Waals surface area (Å²) in [6.45, 7) is 1.66. The summed E-state index contributed by atoms with van der Waals surface area (Å²) in [5.74, 6) is 1.55. The van der Waals surface area contributed by atoms with Crippen LogP contribution in [0.1, 0.15) is 18.4 Å². The summed E-state index contributed by atoms with van der Waals surface area (Å²) in [4.78, 5) is 27.5. The smallest absolute Gasteiger partial charge is 0.319 e. The maximum Gasteiger partial charge on any atom is 0.319 e. The van der Waals surface area contributed by atoms with Crippen LogP contribution in [0.15, 0.2) is 72.1 Å². The van der Waals surface area contributed by atoms with E-state index in [1.54, 1.807) is 30.4 Å². The van der Waals surface area contributed by atoms with Gasteiger partial charge in [-0.1, -0.05) is 18.2 Å². The lowest BCUT2D eigenvalue weighted by Crippen LogP contribution is -2.46. The van der Waals surface area contributed by atoms with Crippen LogP contribution in [0.25, 0.3) is 0 Å². The number of hydrogen-bond donors (Lipinski definition) is 2. The molecule has 154 valence electrons. The predicted octanol–water partition coefficient (Wildman–Crippen LogP) is 3.95. The summed E-state index contributed by atoms with van der Waals surface area (Å²) in [6, 6.07) is 15.6. The first-order chi connectivity index (χ1) is 14.8. The highest BCUT2D eigenvalue weighted by Crippen LogP contribution is 2.22. The number of thioether (sulfide) groups is 1. The number of aromatic nitrogens is 3. The molecule has 1 aliphatic rings. The van der Waals surface area contributed by atoms with Crippen LogP contribution in [-0.2, 0) is 5.75 Å². The molecule has 1 saturated heterocycles. The first kappa shape index (κ1) is 20.2. The van der Waals surface area contributed by atoms with E-state index in [0.29, 0.717) is 0 Å². The van der Waals surface area contributed by atoms with Crippen molar-refractivity contribution in [1.29, 1.82) is 0 Å². The van der Waals surface area contributed by atoms with Gasteiger partial charge in [-0.05, 0) is 48.7 Å². The fraction of sp³-hybridized carbons (Fsp3) is 0.273. The molecule has 1 aromatic carbocycles. The molecule has 0 spiro atoms. The SMILES string of the molecule is O=C(Nc1cccc(CSc2ccccn2)c1)NC1CCN(c2ncccn2)CC1. The zero-order chi connectivity index (χ0) is 20.6. The van der Waals surface area contributed by atoms with E-state index >= 15 is 0 Å². The fourth-order valence-corrected chi connectivity index (χ4v) is 4.16. The minimum absolute atomic E-state index is 0.146. The monoisotopic (exact) mass is 420 g/mol. The number of amides is 2. The molecule has 2 amide bonds. The molecule has 2 aromatic heterocycles. The van der Waals surface area contributed by atoms with Crippen LogP contribution in [-0.4, -0.2) is 40.1 Å². The third-order valence-electron chi connectivity index (χ3n) is 4.87. The molecule has 2 N–H and O–H groups in total. The molecule has 0 bridgehead atoms. The number of pyridine rings is 1. The molecule has 3 heterocycles. The van der Waals surface area contributed by atoms with E-state index in [-0.39, 0.29) is 12.1 Å². The number of urea groups is 1. The van der Waals surface area contributed by atoms with Gasteiger partial charge in [0.05, 0.1) is 5.03 Å². The van der Waals surface area contributed by atoms with Crippen LogP contribution in [0.3, 0.4) is 0 Å². The number of carbonyl (C=O) groups excluding carboxylic acids is 1. The van der Waals surface area contributed by atoms with Crippen molar-refractivity contribution in [2.24, 2.45) is 0 Å². The molecule has 0 atom stereocenters. The summed E-state index contributed by atoms with van der Waals surface area (Å²) < 4.78 is 0. The first-order valence-corrected chi connectivity index (χ1v) is 11.0. The summed E-state index contributed by atoms with van der Waals surface area (Å²) in [5, 5.41) is 7.03. The van der Waals surface area contributed by atoms with E-state index in [0.717, 1.165) is 53.9 Å². The second kappa shape index (κ2) is 10.1. The number of benzene rings is 1. The molecule has 8 heteroatoms. The van der Waals surface area contributed by atoms with E-state index in [1.807, 2.05) is 42.5 Å². The van der Waals surface area contributed by atoms with Gasteiger partial charge in [0.2, 0.25) is 5.95 Å². The van der Waals surface area contributed by atoms with Crippen LogP contribution in [0.5, 0.6) is 0 Å². The predicted molar refractivity (Wildman–Crippen MR) is 120 cm³/mol. The highest BCUT2D eigenvalue weighted by molar-refractivity contribution is 7.98. The van der Waals surface area contributed by atoms with E-state index in [4.69, 9.17) is 0 Å². The molecule has 7 nitrogen and oxygen atoms in total. The molecule has 3 aromatic rings. The number of piperidine rings is 1. The molecular weight excluding hydrogens is 396 g/mol. The first-order valence-electron chi connectivity index (χ1n) is 9.98. The van der Waals surface area contributed by atoms with Crippen molar-refractivity contribution < 1.29 is 4.79 Å². The van der Waals surface area contributed by atoms with Crippen molar-refractivity contribution in [1.82, 2.24) is 20.3 Å². The summed E-state index contributed by atoms with van der Waals surface area (Å²) in [5.41, 5.74) is 1.93. The number of rotatable bonds is 6. The average molecular weight is 421 g/mol. The molecule has 1 aliphatic heterocycles. The Hall–Kier alpha value is -3.13. The van der Waals surface area contributed by atoms with Gasteiger partial charge in [-0.2, -0.15) is 0 Å². The summed E-state index contributed by atoms with van der Waals surface area (Å²) in [6.07, 6.45) is 7.03. The standard InChI is InChI=1S/C22H24N6OS/c29-22(26-18-8-13-28(14-9-18)21-24-11-4-12-25-21)27-19-6-3-5-17(15-19)16-30-20-7-1-2-10-23-20/h1-7,10-12,15,18H,8-9,13-14,16H2,(H2,26,27,29). The molecule has 0 radical (unpaired) electrons. The van der Waals surface area contributed by atoms with Crippen LogP contribution in [0, 0.1) is 0 Å². The summed E-state index contributed by atoms with van der Waals surface area (Å²) >= 11 is 1.67. The average Bonchev–Trinajstić information content (AvgIpc) is 2.80. The summed E-state index contributed by atoms with van der Waals surface area (Å²) in [7, 11) is 0. The van der Waals surface area contributed by atoms with Gasteiger partial charge in [0.15, 0.2) is 0 Å². The second-order valence-corrected chi connectivity index (χ2v) is 8.06. The van der Waals surface area contributed by atoms with Crippen LogP contribution >= 0.6 is 11.8 Å². The molecule has 1 fully saturated rings. The van der Waals surface area contributed by atoms with Crippen LogP contribution in [0.2, 0.25) is 0 Å². The van der Waals surface area contributed by atoms with E-state index in [1.165, 1.54) is 0 Å². The van der Waals surface area contributed by atoms with Crippen molar-refractivity contribution in [3.8, 4) is 0 Å². The van der Waals surface area contributed by atoms with E-state index in [9.17, 15) is 4.79 Å². The van der Waals surface area contributed by atoms with E-state index < -0.39 is 0 Å². The Kier molecular flexibility index (Phi) is 6.76. The number of anilines is 2. The Labute approximate surface area is 180 Å². The number of hydrogen-bond acceptors (Lipinski definition) is 6. The highest BCUT2D eigenvalue weighted by Gasteiger charge is 2.22. The fourth-order valence-electron chi connectivity index (χ4n) is 3.36. The number of nitrogens with one attached hydrogen (secondary N) is 2. The van der Waals surface area contributed by atoms with Gasteiger partial charge in [0, 0.05) is 49.2 Å². The maximum absolute atomic E-state index is 12.4. The van der Waals surface area contributed by atoms with Gasteiger partial charge in [-0.25, -0.2) is 19.7 Å². The topological polar surface area (TPSA) is 83.0 Å². The number of carbonyl (C=O) groups is 1. The molecule has 30 heavy (non-hydrogen) atoms. The van der Waals surface area contributed by atoms with Gasteiger partial charge in [-0.15, -0.1) is 11.8 Å². The Morgan fingerprint density at radius 3 is 2.57 bits per heavy atom. The normalized spacial score (nSPS) is 14.3. The third-order valence-corrected chi connectivity index (χ3v) is 5.89. The Morgan fingerprint density at radius 1 is 1.00 bits per heavy atom. The lowest BCUT2D eigenvalue weighted by atomic mass is 10.1. The highest BCUT2D eigenvalue weighted by atomic mass is 32.2. The van der Waals surface area contributed by atoms with Crippen molar-refractivity contribution in [2.45, 2.75) is 29.7 Å². The zero-order valence-corrected chi connectivity index (χ0v) is 17.4. The lowest BCUT2D eigenvalue weighted by molar-refractivity contribution is 0.246. The Balaban J connectivity index is 1.24. The second-order valence-electron chi connectivity index (χ2n) is 7.07. The van der Waals surface area contributed by atoms with Crippen molar-refractivity contribution in [3.05, 3.63) is 72.7 Å². The van der Waals surface area contributed by atoms with Gasteiger partial charge >= 0.3 is 6.03 Å². The molecule has 0 aliphatic carbocycles. The third kappa shape index (κ3) is 5.70. The molecule has 4 rings (SSSR count). The Bertz CT molecular complexity index is 948. The van der Waals surface area contributed by atoms with Crippen molar-refractivity contribution >= 4 is 29.4 Å².